The molecule has 9 nitrogen and oxygen atoms in total. The van der Waals surface area contributed by atoms with Gasteiger partial charge >= 0.3 is 11.9 Å². The number of allylic oxidation sites excluding steroid dienone is 12. The Bertz CT molecular complexity index is 1200. The number of aliphatic hydroxyl groups excluding tert-OH is 1. The van der Waals surface area contributed by atoms with Gasteiger partial charge in [0, 0.05) is 12.8 Å². The van der Waals surface area contributed by atoms with Crippen LogP contribution < -0.4 is 10.6 Å². The van der Waals surface area contributed by atoms with Crippen LogP contribution in [-0.2, 0) is 23.9 Å². The van der Waals surface area contributed by atoms with E-state index in [0.29, 0.717) is 12.8 Å². The monoisotopic (exact) mass is 811 g/mol. The maximum Gasteiger partial charge on any atom is 0.328 e. The molecule has 2 unspecified atom stereocenters. The number of carbonyl (C=O) groups excluding carboxylic acids is 3. The molecular weight excluding hydrogens is 729 g/mol. The number of rotatable bonds is 40. The highest BCUT2D eigenvalue weighted by Gasteiger charge is 2.19. The summed E-state index contributed by atoms with van der Waals surface area (Å²) >= 11 is 0. The molecule has 2 amide bonds. The number of ether oxygens (including phenoxy) is 1. The van der Waals surface area contributed by atoms with E-state index >= 15 is 0 Å². The first-order valence-corrected chi connectivity index (χ1v) is 22.8. The van der Waals surface area contributed by atoms with Gasteiger partial charge in [0.05, 0.1) is 13.2 Å². The summed E-state index contributed by atoms with van der Waals surface area (Å²) in [4.78, 5) is 47.6. The topological polar surface area (TPSA) is 142 Å². The number of nitrogens with one attached hydrogen (secondary N) is 2. The fourth-order valence-corrected chi connectivity index (χ4v) is 6.25. The molecule has 0 fully saturated rings. The first-order valence-electron chi connectivity index (χ1n) is 22.8. The summed E-state index contributed by atoms with van der Waals surface area (Å²) < 4.78 is 6.00. The molecule has 0 heterocycles. The van der Waals surface area contributed by atoms with E-state index in [1.807, 2.05) is 0 Å². The van der Waals surface area contributed by atoms with Crippen LogP contribution in [0.15, 0.2) is 72.9 Å². The van der Waals surface area contributed by atoms with Gasteiger partial charge in [-0.2, -0.15) is 0 Å². The molecule has 0 aromatic carbocycles. The maximum absolute atomic E-state index is 12.8. The number of carboxylic acid groups (broad SMARTS) is 1. The van der Waals surface area contributed by atoms with Gasteiger partial charge in [-0.05, 0) is 89.9 Å². The lowest BCUT2D eigenvalue weighted by Gasteiger charge is -2.18. The quantitative estimate of drug-likeness (QED) is 0.0274. The predicted octanol–water partition coefficient (Wildman–Crippen LogP) is 11.5. The molecule has 0 saturated heterocycles. The molecule has 0 aliphatic heterocycles. The number of carbonyl (C=O) groups is 4. The van der Waals surface area contributed by atoms with Crippen LogP contribution in [0.4, 0.5) is 0 Å². The zero-order valence-electron chi connectivity index (χ0n) is 36.5. The van der Waals surface area contributed by atoms with Gasteiger partial charge in [-0.15, -0.1) is 0 Å². The molecule has 0 spiro atoms. The lowest BCUT2D eigenvalue weighted by molar-refractivity contribution is -0.150. The highest BCUT2D eigenvalue weighted by Crippen LogP contribution is 2.18. The average Bonchev–Trinajstić information content (AvgIpc) is 3.21. The van der Waals surface area contributed by atoms with Crippen molar-refractivity contribution in [3.05, 3.63) is 72.9 Å². The molecule has 58 heavy (non-hydrogen) atoms. The zero-order valence-corrected chi connectivity index (χ0v) is 36.5. The van der Waals surface area contributed by atoms with Crippen molar-refractivity contribution in [2.24, 2.45) is 0 Å². The van der Waals surface area contributed by atoms with E-state index < -0.39 is 24.5 Å². The minimum Gasteiger partial charge on any atom is -0.480 e. The first kappa shape index (κ1) is 54.3. The molecule has 0 aromatic heterocycles. The van der Waals surface area contributed by atoms with Crippen molar-refractivity contribution in [2.45, 2.75) is 199 Å². The van der Waals surface area contributed by atoms with Crippen molar-refractivity contribution in [1.82, 2.24) is 10.6 Å². The number of carboxylic acids is 1. The predicted molar refractivity (Wildman–Crippen MR) is 240 cm³/mol. The number of aliphatic hydroxyl groups is 1. The van der Waals surface area contributed by atoms with Crippen molar-refractivity contribution >= 4 is 23.8 Å². The van der Waals surface area contributed by atoms with Crippen molar-refractivity contribution in [1.29, 1.82) is 0 Å². The number of aliphatic carboxylic acids is 1. The smallest absolute Gasteiger partial charge is 0.328 e. The van der Waals surface area contributed by atoms with Crippen LogP contribution in [0.5, 0.6) is 0 Å². The summed E-state index contributed by atoms with van der Waals surface area (Å²) in [5.41, 5.74) is 0. The third-order valence-corrected chi connectivity index (χ3v) is 9.72. The van der Waals surface area contributed by atoms with Crippen LogP contribution in [0.3, 0.4) is 0 Å². The Hall–Kier alpha value is -3.72. The number of hydrogen-bond acceptors (Lipinski definition) is 6. The summed E-state index contributed by atoms with van der Waals surface area (Å²) in [6, 6.07) is -1.39. The maximum atomic E-state index is 12.8. The SMILES string of the molecule is CC/C=C\C/C=C\C/C=C\C/C=C\C/C=C\C/C=C\CCCCC(=O)OC(CCCCCCCCCCC)CCCCCCCC(=O)NCC(=O)NC(CO)C(=O)O. The van der Waals surface area contributed by atoms with Crippen LogP contribution >= 0.6 is 0 Å². The van der Waals surface area contributed by atoms with Crippen LogP contribution in [0.25, 0.3) is 0 Å². The third kappa shape index (κ3) is 39.1. The molecule has 0 rings (SSSR count). The largest absolute Gasteiger partial charge is 0.480 e. The Balaban J connectivity index is 4.31. The second-order valence-electron chi connectivity index (χ2n) is 15.1. The van der Waals surface area contributed by atoms with Gasteiger partial charge in [-0.1, -0.05) is 157 Å². The fourth-order valence-electron chi connectivity index (χ4n) is 6.25. The van der Waals surface area contributed by atoms with E-state index in [9.17, 15) is 19.2 Å². The van der Waals surface area contributed by atoms with Gasteiger partial charge < -0.3 is 25.6 Å². The molecule has 0 aromatic rings. The van der Waals surface area contributed by atoms with E-state index in [-0.39, 0.29) is 30.9 Å². The standard InChI is InChI=1S/C49H82N2O7/c1-3-5-7-9-11-13-14-15-16-17-18-19-20-21-22-23-24-26-28-33-37-41-48(55)58-44(38-34-30-27-25-12-10-8-6-4-2)39-35-31-29-32-36-40-46(53)50-42-47(54)51-45(43-52)49(56)57/h5,7,11,13,15-16,18-19,21-22,24,26,44-45,52H,3-4,6,8-10,12,14,17,20,23,25,27-43H2,1-2H3,(H,50,53)(H,51,54)(H,56,57)/b7-5-,13-11-,16-15-,19-18-,22-21-,26-24-. The van der Waals surface area contributed by atoms with Gasteiger partial charge in [-0.3, -0.25) is 14.4 Å². The van der Waals surface area contributed by atoms with Gasteiger partial charge in [0.25, 0.3) is 0 Å². The van der Waals surface area contributed by atoms with Crippen LogP contribution in [0.1, 0.15) is 187 Å². The number of hydrogen-bond donors (Lipinski definition) is 4. The van der Waals surface area contributed by atoms with Gasteiger partial charge in [0.2, 0.25) is 11.8 Å². The van der Waals surface area contributed by atoms with Crippen molar-refractivity contribution in [2.75, 3.05) is 13.2 Å². The Kier molecular flexibility index (Phi) is 40.1. The molecule has 0 bridgehead atoms. The lowest BCUT2D eigenvalue weighted by Crippen LogP contribution is -2.47. The molecule has 0 aliphatic rings. The van der Waals surface area contributed by atoms with E-state index in [0.717, 1.165) is 103 Å². The lowest BCUT2D eigenvalue weighted by atomic mass is 10.0. The Morgan fingerprint density at radius 3 is 1.47 bits per heavy atom. The molecular formula is C49H82N2O7. The molecule has 0 aliphatic carbocycles. The van der Waals surface area contributed by atoms with Crippen LogP contribution in [-0.4, -0.2) is 59.3 Å². The van der Waals surface area contributed by atoms with Gasteiger partial charge in [0.15, 0.2) is 0 Å². The fraction of sp³-hybridized carbons (Fsp3) is 0.673. The second kappa shape index (κ2) is 42.9. The summed E-state index contributed by atoms with van der Waals surface area (Å²) in [6.45, 7) is 3.35. The summed E-state index contributed by atoms with van der Waals surface area (Å²) in [7, 11) is 0. The second-order valence-corrected chi connectivity index (χ2v) is 15.1. The third-order valence-electron chi connectivity index (χ3n) is 9.72. The van der Waals surface area contributed by atoms with Crippen molar-refractivity contribution in [3.63, 3.8) is 0 Å². The Morgan fingerprint density at radius 1 is 0.534 bits per heavy atom. The van der Waals surface area contributed by atoms with E-state index in [4.69, 9.17) is 14.9 Å². The molecule has 330 valence electrons. The van der Waals surface area contributed by atoms with E-state index in [1.165, 1.54) is 51.4 Å². The highest BCUT2D eigenvalue weighted by molar-refractivity contribution is 5.87. The normalized spacial score (nSPS) is 13.2. The van der Waals surface area contributed by atoms with Crippen LogP contribution in [0.2, 0.25) is 0 Å². The highest BCUT2D eigenvalue weighted by atomic mass is 16.5. The Morgan fingerprint density at radius 2 is 0.983 bits per heavy atom. The molecule has 9 heteroatoms. The average molecular weight is 811 g/mol. The van der Waals surface area contributed by atoms with Gasteiger partial charge in [-0.25, -0.2) is 4.79 Å². The van der Waals surface area contributed by atoms with E-state index in [1.54, 1.807) is 0 Å². The summed E-state index contributed by atoms with van der Waals surface area (Å²) in [5.74, 6) is -2.35. The van der Waals surface area contributed by atoms with Crippen molar-refractivity contribution in [3.8, 4) is 0 Å². The summed E-state index contributed by atoms with van der Waals surface area (Å²) in [6.07, 6.45) is 53.6. The van der Waals surface area contributed by atoms with Gasteiger partial charge in [0.1, 0.15) is 12.1 Å². The van der Waals surface area contributed by atoms with E-state index in [2.05, 4.69) is 97.4 Å². The Labute approximate surface area is 353 Å². The molecule has 2 atom stereocenters. The van der Waals surface area contributed by atoms with Crippen LogP contribution in [0, 0.1) is 0 Å². The number of amides is 2. The minimum atomic E-state index is -1.39. The number of unbranched alkanes of at least 4 members (excludes halogenated alkanes) is 14. The summed E-state index contributed by atoms with van der Waals surface area (Å²) in [5, 5.41) is 22.6. The molecule has 0 saturated carbocycles. The zero-order chi connectivity index (χ0) is 42.6. The molecule has 4 N–H and O–H groups in total. The minimum absolute atomic E-state index is 0.0381. The first-order chi connectivity index (χ1) is 28.3. The van der Waals surface area contributed by atoms with Crippen molar-refractivity contribution < 1.29 is 34.1 Å². The molecule has 0 radical (unpaired) electrons. The number of esters is 1.